The Bertz CT molecular complexity index is 499. The number of piperazine rings is 1. The van der Waals surface area contributed by atoms with E-state index in [1.165, 1.54) is 0 Å². The van der Waals surface area contributed by atoms with Crippen LogP contribution in [0.5, 0.6) is 11.5 Å². The Morgan fingerprint density at radius 1 is 1.27 bits per heavy atom. The Balaban J connectivity index is 2.08. The van der Waals surface area contributed by atoms with Crippen molar-refractivity contribution < 1.29 is 14.6 Å². The molecular weight excluding hydrogens is 304 g/mol. The standard InChI is InChI=1S/C16H25ClN2O3/c1-18-5-6-19(11-13(18)4-7-20)10-12-8-14(17)16(22-3)15(9-12)21-2/h8-9,13,20H,4-7,10-11H2,1-3H3/t13-/m1/s1. The normalized spacial score (nSPS) is 20.1. The summed E-state index contributed by atoms with van der Waals surface area (Å²) in [5, 5.41) is 9.75. The van der Waals surface area contributed by atoms with Gasteiger partial charge in [-0.2, -0.15) is 0 Å². The monoisotopic (exact) mass is 328 g/mol. The van der Waals surface area contributed by atoms with Gasteiger partial charge in [0, 0.05) is 38.8 Å². The zero-order valence-electron chi connectivity index (χ0n) is 13.5. The molecule has 124 valence electrons. The van der Waals surface area contributed by atoms with E-state index in [9.17, 15) is 5.11 Å². The van der Waals surface area contributed by atoms with Crippen molar-refractivity contribution >= 4 is 11.6 Å². The molecule has 1 aliphatic heterocycles. The third kappa shape index (κ3) is 4.04. The fraction of sp³-hybridized carbons (Fsp3) is 0.625. The molecule has 1 atom stereocenters. The third-order valence-corrected chi connectivity index (χ3v) is 4.50. The summed E-state index contributed by atoms with van der Waals surface area (Å²) in [5.74, 6) is 1.23. The minimum Gasteiger partial charge on any atom is -0.493 e. The van der Waals surface area contributed by atoms with Crippen molar-refractivity contribution in [3.8, 4) is 11.5 Å². The largest absolute Gasteiger partial charge is 0.493 e. The second kappa shape index (κ2) is 8.02. The number of aliphatic hydroxyl groups excluding tert-OH is 1. The number of hydrogen-bond acceptors (Lipinski definition) is 5. The van der Waals surface area contributed by atoms with Gasteiger partial charge in [0.05, 0.1) is 19.2 Å². The van der Waals surface area contributed by atoms with E-state index in [-0.39, 0.29) is 6.61 Å². The van der Waals surface area contributed by atoms with Gasteiger partial charge in [-0.25, -0.2) is 0 Å². The summed E-state index contributed by atoms with van der Waals surface area (Å²) in [4.78, 5) is 4.70. The van der Waals surface area contributed by atoms with Crippen molar-refractivity contribution in [3.05, 3.63) is 22.7 Å². The fourth-order valence-corrected chi connectivity index (χ4v) is 3.25. The Morgan fingerprint density at radius 3 is 2.68 bits per heavy atom. The van der Waals surface area contributed by atoms with Crippen LogP contribution in [-0.4, -0.2) is 68.5 Å². The van der Waals surface area contributed by atoms with Crippen molar-refractivity contribution in [3.63, 3.8) is 0 Å². The predicted octanol–water partition coefficient (Wildman–Crippen LogP) is 1.86. The van der Waals surface area contributed by atoms with E-state index in [2.05, 4.69) is 16.8 Å². The van der Waals surface area contributed by atoms with Gasteiger partial charge in [-0.1, -0.05) is 11.6 Å². The van der Waals surface area contributed by atoms with E-state index in [0.29, 0.717) is 22.6 Å². The smallest absolute Gasteiger partial charge is 0.179 e. The number of nitrogens with zero attached hydrogens (tertiary/aromatic N) is 2. The molecule has 0 aromatic heterocycles. The molecule has 2 rings (SSSR count). The maximum atomic E-state index is 9.18. The number of hydrogen-bond donors (Lipinski definition) is 1. The molecule has 1 saturated heterocycles. The summed E-state index contributed by atoms with van der Waals surface area (Å²) in [5.41, 5.74) is 1.11. The average Bonchev–Trinajstić information content (AvgIpc) is 2.50. The third-order valence-electron chi connectivity index (χ3n) is 4.22. The van der Waals surface area contributed by atoms with Gasteiger partial charge in [-0.3, -0.25) is 4.90 Å². The molecule has 0 bridgehead atoms. The Morgan fingerprint density at radius 2 is 2.05 bits per heavy atom. The van der Waals surface area contributed by atoms with Gasteiger partial charge in [-0.05, 0) is 31.2 Å². The minimum atomic E-state index is 0.227. The zero-order chi connectivity index (χ0) is 16.1. The molecule has 5 nitrogen and oxygen atoms in total. The molecule has 0 saturated carbocycles. The van der Waals surface area contributed by atoms with Crippen LogP contribution in [0.1, 0.15) is 12.0 Å². The van der Waals surface area contributed by atoms with Crippen molar-refractivity contribution in [2.75, 3.05) is 47.5 Å². The maximum absolute atomic E-state index is 9.18. The second-order valence-corrected chi connectivity index (χ2v) is 6.10. The van der Waals surface area contributed by atoms with Gasteiger partial charge >= 0.3 is 0 Å². The number of methoxy groups -OCH3 is 2. The quantitative estimate of drug-likeness (QED) is 0.863. The molecule has 1 aromatic carbocycles. The van der Waals surface area contributed by atoms with Crippen LogP contribution in [-0.2, 0) is 6.54 Å². The van der Waals surface area contributed by atoms with Crippen LogP contribution < -0.4 is 9.47 Å². The summed E-state index contributed by atoms with van der Waals surface area (Å²) >= 11 is 6.27. The number of likely N-dealkylation sites (N-methyl/N-ethyl adjacent to an activating group) is 1. The molecular formula is C16H25ClN2O3. The van der Waals surface area contributed by atoms with Crippen LogP contribution in [0.15, 0.2) is 12.1 Å². The van der Waals surface area contributed by atoms with Crippen LogP contribution in [0.4, 0.5) is 0 Å². The summed E-state index contributed by atoms with van der Waals surface area (Å²) in [6, 6.07) is 4.31. The number of rotatable bonds is 6. The summed E-state index contributed by atoms with van der Waals surface area (Å²) in [6.45, 7) is 4.00. The Kier molecular flexibility index (Phi) is 6.32. The maximum Gasteiger partial charge on any atom is 0.179 e. The van der Waals surface area contributed by atoms with E-state index in [1.807, 2.05) is 12.1 Å². The highest BCUT2D eigenvalue weighted by atomic mass is 35.5. The van der Waals surface area contributed by atoms with E-state index >= 15 is 0 Å². The first-order chi connectivity index (χ1) is 10.6. The number of ether oxygens (including phenoxy) is 2. The summed E-state index contributed by atoms with van der Waals surface area (Å²) in [7, 11) is 5.32. The summed E-state index contributed by atoms with van der Waals surface area (Å²) in [6.07, 6.45) is 0.805. The molecule has 0 radical (unpaired) electrons. The predicted molar refractivity (Wildman–Crippen MR) is 88.0 cm³/mol. The van der Waals surface area contributed by atoms with Crippen LogP contribution in [0.2, 0.25) is 5.02 Å². The van der Waals surface area contributed by atoms with Gasteiger partial charge in [0.15, 0.2) is 11.5 Å². The van der Waals surface area contributed by atoms with E-state index in [4.69, 9.17) is 21.1 Å². The minimum absolute atomic E-state index is 0.227. The molecule has 1 fully saturated rings. The van der Waals surface area contributed by atoms with E-state index < -0.39 is 0 Å². The van der Waals surface area contributed by atoms with Crippen molar-refractivity contribution in [1.29, 1.82) is 0 Å². The van der Waals surface area contributed by atoms with Gasteiger partial charge in [0.2, 0.25) is 0 Å². The van der Waals surface area contributed by atoms with Crippen molar-refractivity contribution in [1.82, 2.24) is 9.80 Å². The molecule has 6 heteroatoms. The molecule has 22 heavy (non-hydrogen) atoms. The first-order valence-corrected chi connectivity index (χ1v) is 7.90. The second-order valence-electron chi connectivity index (χ2n) is 5.69. The highest BCUT2D eigenvalue weighted by molar-refractivity contribution is 6.32. The number of halogens is 1. The van der Waals surface area contributed by atoms with Gasteiger partial charge in [-0.15, -0.1) is 0 Å². The lowest BCUT2D eigenvalue weighted by Gasteiger charge is -2.39. The molecule has 1 N–H and O–H groups in total. The first kappa shape index (κ1) is 17.3. The topological polar surface area (TPSA) is 45.2 Å². The van der Waals surface area contributed by atoms with E-state index in [1.54, 1.807) is 14.2 Å². The molecule has 0 amide bonds. The lowest BCUT2D eigenvalue weighted by molar-refractivity contribution is 0.0742. The van der Waals surface area contributed by atoms with Crippen molar-refractivity contribution in [2.45, 2.75) is 19.0 Å². The van der Waals surface area contributed by atoms with Crippen LogP contribution in [0.3, 0.4) is 0 Å². The molecule has 0 unspecified atom stereocenters. The Hall–Kier alpha value is -1.01. The lowest BCUT2D eigenvalue weighted by Crippen LogP contribution is -2.51. The summed E-state index contributed by atoms with van der Waals surface area (Å²) < 4.78 is 10.6. The van der Waals surface area contributed by atoms with Crippen LogP contribution in [0.25, 0.3) is 0 Å². The van der Waals surface area contributed by atoms with Crippen molar-refractivity contribution in [2.24, 2.45) is 0 Å². The van der Waals surface area contributed by atoms with Gasteiger partial charge in [0.1, 0.15) is 0 Å². The molecule has 1 aliphatic rings. The van der Waals surface area contributed by atoms with Gasteiger partial charge < -0.3 is 19.5 Å². The fourth-order valence-electron chi connectivity index (χ4n) is 2.94. The zero-order valence-corrected chi connectivity index (χ0v) is 14.3. The SMILES string of the molecule is COc1cc(CN2CCN(C)[C@H](CCO)C2)cc(Cl)c1OC. The van der Waals surface area contributed by atoms with E-state index in [0.717, 1.165) is 38.2 Å². The number of benzene rings is 1. The lowest BCUT2D eigenvalue weighted by atomic mass is 10.1. The first-order valence-electron chi connectivity index (χ1n) is 7.53. The van der Waals surface area contributed by atoms with Gasteiger partial charge in [0.25, 0.3) is 0 Å². The average molecular weight is 329 g/mol. The molecule has 0 aliphatic carbocycles. The molecule has 1 aromatic rings. The number of aliphatic hydroxyl groups is 1. The molecule has 1 heterocycles. The highest BCUT2D eigenvalue weighted by Crippen LogP contribution is 2.36. The Labute approximate surface area is 137 Å². The molecule has 0 spiro atoms. The van der Waals surface area contributed by atoms with Crippen LogP contribution >= 0.6 is 11.6 Å². The highest BCUT2D eigenvalue weighted by Gasteiger charge is 2.24. The van der Waals surface area contributed by atoms with Crippen LogP contribution in [0, 0.1) is 0 Å².